The Morgan fingerprint density at radius 1 is 0.909 bits per heavy atom. The summed E-state index contributed by atoms with van der Waals surface area (Å²) in [7, 11) is 0. The van der Waals surface area contributed by atoms with E-state index in [4.69, 9.17) is 5.11 Å². The van der Waals surface area contributed by atoms with E-state index in [1.54, 1.807) is 24.4 Å². The van der Waals surface area contributed by atoms with Gasteiger partial charge >= 0.3 is 11.9 Å². The lowest BCUT2D eigenvalue weighted by Crippen LogP contribution is -2.02. The fourth-order valence-electron chi connectivity index (χ4n) is 2.18. The molecule has 0 amide bonds. The highest BCUT2D eigenvalue weighted by atomic mass is 16.4. The smallest absolute Gasteiger partial charge is 0.336 e. The van der Waals surface area contributed by atoms with E-state index < -0.39 is 11.9 Å². The average molecular weight is 294 g/mol. The van der Waals surface area contributed by atoms with Gasteiger partial charge in [0, 0.05) is 11.6 Å². The van der Waals surface area contributed by atoms with Crippen LogP contribution in [0.2, 0.25) is 0 Å². The van der Waals surface area contributed by atoms with Gasteiger partial charge < -0.3 is 10.2 Å². The molecule has 0 fully saturated rings. The highest BCUT2D eigenvalue weighted by Crippen LogP contribution is 2.24. The molecule has 0 radical (unpaired) electrons. The van der Waals surface area contributed by atoms with Crippen LogP contribution < -0.4 is 0 Å². The highest BCUT2D eigenvalue weighted by molar-refractivity contribution is 6.05. The zero-order valence-electron chi connectivity index (χ0n) is 11.2. The molecule has 0 aliphatic carbocycles. The standard InChI is InChI=1S/C16H10N2O4/c19-15(20)9-4-5-10-11(16(21)22)8-14(18-13(10)7-9)12-3-1-2-6-17-12/h1-8H,(H,19,20)(H,21,22). The van der Waals surface area contributed by atoms with E-state index in [1.807, 2.05) is 0 Å². The number of carboxylic acids is 2. The van der Waals surface area contributed by atoms with E-state index >= 15 is 0 Å². The Morgan fingerprint density at radius 2 is 1.73 bits per heavy atom. The molecule has 0 atom stereocenters. The van der Waals surface area contributed by atoms with Gasteiger partial charge in [0.15, 0.2) is 0 Å². The lowest BCUT2D eigenvalue weighted by molar-refractivity contribution is 0.0688. The van der Waals surface area contributed by atoms with Gasteiger partial charge in [0.05, 0.1) is 28.0 Å². The van der Waals surface area contributed by atoms with Crippen molar-refractivity contribution in [2.45, 2.75) is 0 Å². The second kappa shape index (κ2) is 5.25. The quantitative estimate of drug-likeness (QED) is 0.770. The van der Waals surface area contributed by atoms with Crippen molar-refractivity contribution in [3.8, 4) is 11.4 Å². The number of carboxylic acid groups (broad SMARTS) is 2. The Hall–Kier alpha value is -3.28. The van der Waals surface area contributed by atoms with E-state index in [0.717, 1.165) is 0 Å². The first-order chi connectivity index (χ1) is 10.6. The summed E-state index contributed by atoms with van der Waals surface area (Å²) in [6.07, 6.45) is 1.58. The number of aromatic carboxylic acids is 2. The summed E-state index contributed by atoms with van der Waals surface area (Å²) in [6, 6.07) is 10.8. The van der Waals surface area contributed by atoms with Gasteiger partial charge in [-0.2, -0.15) is 0 Å². The molecule has 6 heteroatoms. The number of pyridine rings is 2. The third kappa shape index (κ3) is 2.37. The Labute approximate surface area is 124 Å². The predicted octanol–water partition coefficient (Wildman–Crippen LogP) is 2.69. The van der Waals surface area contributed by atoms with Crippen LogP contribution in [0.15, 0.2) is 48.7 Å². The molecule has 3 rings (SSSR count). The number of benzene rings is 1. The summed E-state index contributed by atoms with van der Waals surface area (Å²) >= 11 is 0. The summed E-state index contributed by atoms with van der Waals surface area (Å²) < 4.78 is 0. The van der Waals surface area contributed by atoms with E-state index in [0.29, 0.717) is 22.3 Å². The fraction of sp³-hybridized carbons (Fsp3) is 0. The van der Waals surface area contributed by atoms with Gasteiger partial charge in [-0.3, -0.25) is 4.98 Å². The number of carbonyl (C=O) groups is 2. The maximum Gasteiger partial charge on any atom is 0.336 e. The molecule has 108 valence electrons. The second-order valence-corrected chi connectivity index (χ2v) is 4.61. The van der Waals surface area contributed by atoms with Gasteiger partial charge in [-0.05, 0) is 30.3 Å². The minimum absolute atomic E-state index is 0.0505. The molecule has 0 saturated carbocycles. The molecule has 2 N–H and O–H groups in total. The van der Waals surface area contributed by atoms with Gasteiger partial charge in [-0.15, -0.1) is 0 Å². The number of rotatable bonds is 3. The Bertz CT molecular complexity index is 891. The van der Waals surface area contributed by atoms with Crippen molar-refractivity contribution < 1.29 is 19.8 Å². The van der Waals surface area contributed by atoms with Gasteiger partial charge in [0.1, 0.15) is 0 Å². The van der Waals surface area contributed by atoms with Crippen LogP contribution in [0.4, 0.5) is 0 Å². The third-order valence-electron chi connectivity index (χ3n) is 3.21. The van der Waals surface area contributed by atoms with Crippen LogP contribution in [0.1, 0.15) is 20.7 Å². The summed E-state index contributed by atoms with van der Waals surface area (Å²) in [4.78, 5) is 31.0. The van der Waals surface area contributed by atoms with Crippen LogP contribution in [0.3, 0.4) is 0 Å². The average Bonchev–Trinajstić information content (AvgIpc) is 2.53. The SMILES string of the molecule is O=C(O)c1ccc2c(C(=O)O)cc(-c3ccccn3)nc2c1. The molecule has 6 nitrogen and oxygen atoms in total. The molecule has 0 aliphatic rings. The number of hydrogen-bond acceptors (Lipinski definition) is 4. The molecule has 0 aliphatic heterocycles. The monoisotopic (exact) mass is 294 g/mol. The maximum absolute atomic E-state index is 11.5. The molecule has 2 aromatic heterocycles. The Balaban J connectivity index is 2.31. The topological polar surface area (TPSA) is 100 Å². The molecule has 3 aromatic rings. The molecule has 0 bridgehead atoms. The number of nitrogens with zero attached hydrogens (tertiary/aromatic N) is 2. The number of aromatic nitrogens is 2. The van der Waals surface area contributed by atoms with Crippen LogP contribution in [-0.4, -0.2) is 32.1 Å². The second-order valence-electron chi connectivity index (χ2n) is 4.61. The minimum atomic E-state index is -1.10. The van der Waals surface area contributed by atoms with Crippen LogP contribution in [0.25, 0.3) is 22.3 Å². The molecular weight excluding hydrogens is 284 g/mol. The lowest BCUT2D eigenvalue weighted by atomic mass is 10.0. The van der Waals surface area contributed by atoms with Crippen LogP contribution in [0.5, 0.6) is 0 Å². The fourth-order valence-corrected chi connectivity index (χ4v) is 2.18. The Kier molecular flexibility index (Phi) is 3.27. The zero-order chi connectivity index (χ0) is 15.7. The first-order valence-corrected chi connectivity index (χ1v) is 6.39. The minimum Gasteiger partial charge on any atom is -0.478 e. The van der Waals surface area contributed by atoms with E-state index in [2.05, 4.69) is 9.97 Å². The molecule has 22 heavy (non-hydrogen) atoms. The van der Waals surface area contributed by atoms with Crippen LogP contribution in [-0.2, 0) is 0 Å². The highest BCUT2D eigenvalue weighted by Gasteiger charge is 2.15. The lowest BCUT2D eigenvalue weighted by Gasteiger charge is -2.07. The largest absolute Gasteiger partial charge is 0.478 e. The van der Waals surface area contributed by atoms with Crippen molar-refractivity contribution in [2.24, 2.45) is 0 Å². The normalized spacial score (nSPS) is 10.5. The van der Waals surface area contributed by atoms with Gasteiger partial charge in [0.2, 0.25) is 0 Å². The van der Waals surface area contributed by atoms with Crippen molar-refractivity contribution in [2.75, 3.05) is 0 Å². The summed E-state index contributed by atoms with van der Waals surface area (Å²) in [6.45, 7) is 0. The summed E-state index contributed by atoms with van der Waals surface area (Å²) in [5.74, 6) is -2.20. The zero-order valence-corrected chi connectivity index (χ0v) is 11.2. The first-order valence-electron chi connectivity index (χ1n) is 6.39. The van der Waals surface area contributed by atoms with Crippen molar-refractivity contribution >= 4 is 22.8 Å². The molecule has 0 saturated heterocycles. The van der Waals surface area contributed by atoms with Crippen molar-refractivity contribution in [1.82, 2.24) is 9.97 Å². The van der Waals surface area contributed by atoms with Crippen molar-refractivity contribution in [3.63, 3.8) is 0 Å². The number of hydrogen-bond donors (Lipinski definition) is 2. The molecule has 2 heterocycles. The Morgan fingerprint density at radius 3 is 2.36 bits per heavy atom. The summed E-state index contributed by atoms with van der Waals surface area (Å²) in [5.41, 5.74) is 1.32. The third-order valence-corrected chi connectivity index (χ3v) is 3.21. The van der Waals surface area contributed by atoms with E-state index in [1.165, 1.54) is 24.3 Å². The van der Waals surface area contributed by atoms with Crippen molar-refractivity contribution in [3.05, 3.63) is 59.8 Å². The molecule has 0 unspecified atom stereocenters. The van der Waals surface area contributed by atoms with Crippen LogP contribution in [0, 0.1) is 0 Å². The molecule has 1 aromatic carbocycles. The predicted molar refractivity (Wildman–Crippen MR) is 78.9 cm³/mol. The first kappa shape index (κ1) is 13.7. The molecular formula is C16H10N2O4. The molecule has 0 spiro atoms. The van der Waals surface area contributed by atoms with Gasteiger partial charge in [-0.25, -0.2) is 14.6 Å². The van der Waals surface area contributed by atoms with Crippen LogP contribution >= 0.6 is 0 Å². The summed E-state index contributed by atoms with van der Waals surface area (Å²) in [5, 5.41) is 18.8. The van der Waals surface area contributed by atoms with Gasteiger partial charge in [0.25, 0.3) is 0 Å². The maximum atomic E-state index is 11.5. The van der Waals surface area contributed by atoms with E-state index in [-0.39, 0.29) is 11.1 Å². The van der Waals surface area contributed by atoms with Gasteiger partial charge in [-0.1, -0.05) is 12.1 Å². The van der Waals surface area contributed by atoms with Crippen molar-refractivity contribution in [1.29, 1.82) is 0 Å². The van der Waals surface area contributed by atoms with E-state index in [9.17, 15) is 14.7 Å². The number of fused-ring (bicyclic) bond motifs is 1.